The Morgan fingerprint density at radius 1 is 1.00 bits per heavy atom. The van der Waals surface area contributed by atoms with Crippen LogP contribution >= 0.6 is 0 Å². The zero-order chi connectivity index (χ0) is 25.2. The van der Waals surface area contributed by atoms with Crippen molar-refractivity contribution in [3.05, 3.63) is 101 Å². The number of alkyl halides is 3. The predicted molar refractivity (Wildman–Crippen MR) is 122 cm³/mol. The van der Waals surface area contributed by atoms with E-state index in [1.807, 2.05) is 0 Å². The van der Waals surface area contributed by atoms with Crippen molar-refractivity contribution in [2.24, 2.45) is 0 Å². The van der Waals surface area contributed by atoms with E-state index in [0.29, 0.717) is 17.1 Å². The Morgan fingerprint density at radius 2 is 1.74 bits per heavy atom. The van der Waals surface area contributed by atoms with Crippen LogP contribution in [0.15, 0.2) is 71.3 Å². The number of amides is 2. The van der Waals surface area contributed by atoms with Crippen molar-refractivity contribution in [2.45, 2.75) is 26.6 Å². The molecule has 2 aromatic carbocycles. The number of nitrogens with one attached hydrogen (secondary N) is 2. The van der Waals surface area contributed by atoms with Gasteiger partial charge in [-0.15, -0.1) is 0 Å². The fraction of sp³-hybridized carbons (Fsp3) is 0.160. The number of anilines is 1. The molecular weight excluding hydrogens is 461 g/mol. The van der Waals surface area contributed by atoms with Crippen LogP contribution in [0.1, 0.15) is 43.4 Å². The maximum absolute atomic E-state index is 13.8. The molecular formula is C25H21F3N4O3. The van der Waals surface area contributed by atoms with E-state index in [1.54, 1.807) is 26.0 Å². The molecule has 0 spiro atoms. The number of nitrogens with zero attached hydrogens (tertiary/aromatic N) is 2. The Bertz CT molecular complexity index is 1360. The SMILES string of the molecule is Cc1cc(C)n(-c2ccc(CNC(=O)c3ccc(NC(=O)c4ccco4)cc3)c(C(F)(F)F)c2)n1. The zero-order valence-corrected chi connectivity index (χ0v) is 18.8. The minimum atomic E-state index is -4.61. The first-order chi connectivity index (χ1) is 16.6. The third-order valence-corrected chi connectivity index (χ3v) is 5.24. The zero-order valence-electron chi connectivity index (χ0n) is 18.8. The summed E-state index contributed by atoms with van der Waals surface area (Å²) < 4.78 is 47.8. The summed E-state index contributed by atoms with van der Waals surface area (Å²) in [6, 6.07) is 14.7. The highest BCUT2D eigenvalue weighted by Gasteiger charge is 2.34. The molecule has 180 valence electrons. The van der Waals surface area contributed by atoms with Crippen LogP contribution in [0.5, 0.6) is 0 Å². The number of furan rings is 1. The summed E-state index contributed by atoms with van der Waals surface area (Å²) in [5.74, 6) is -0.864. The van der Waals surface area contributed by atoms with Gasteiger partial charge in [0.05, 0.1) is 23.2 Å². The van der Waals surface area contributed by atoms with Crippen LogP contribution in [0.4, 0.5) is 18.9 Å². The number of hydrogen-bond acceptors (Lipinski definition) is 4. The van der Waals surface area contributed by atoms with E-state index >= 15 is 0 Å². The maximum Gasteiger partial charge on any atom is 0.416 e. The second-order valence-corrected chi connectivity index (χ2v) is 7.87. The summed E-state index contributed by atoms with van der Waals surface area (Å²) >= 11 is 0. The molecule has 2 aromatic heterocycles. The molecule has 35 heavy (non-hydrogen) atoms. The van der Waals surface area contributed by atoms with Crippen molar-refractivity contribution < 1.29 is 27.2 Å². The van der Waals surface area contributed by atoms with Crippen LogP contribution in [0.25, 0.3) is 5.69 Å². The third-order valence-electron chi connectivity index (χ3n) is 5.24. The predicted octanol–water partition coefficient (Wildman–Crippen LogP) is 5.28. The summed E-state index contributed by atoms with van der Waals surface area (Å²) in [5.41, 5.74) is 1.43. The molecule has 7 nitrogen and oxygen atoms in total. The second kappa shape index (κ2) is 9.49. The van der Waals surface area contributed by atoms with Gasteiger partial charge in [0.15, 0.2) is 5.76 Å². The standard InChI is InChI=1S/C25H21F3N4O3/c1-15-12-16(2)32(31-15)20-10-7-18(21(13-20)25(26,27)28)14-29-23(33)17-5-8-19(9-6-17)30-24(34)22-4-3-11-35-22/h3-13H,14H2,1-2H3,(H,29,33)(H,30,34). The third kappa shape index (κ3) is 5.43. The molecule has 0 aliphatic carbocycles. The summed E-state index contributed by atoms with van der Waals surface area (Å²) in [4.78, 5) is 24.5. The van der Waals surface area contributed by atoms with Gasteiger partial charge in [-0.3, -0.25) is 9.59 Å². The van der Waals surface area contributed by atoms with E-state index in [4.69, 9.17) is 4.42 Å². The molecule has 0 aliphatic rings. The average Bonchev–Trinajstić information content (AvgIpc) is 3.47. The van der Waals surface area contributed by atoms with Crippen LogP contribution in [0.2, 0.25) is 0 Å². The van der Waals surface area contributed by atoms with E-state index in [-0.39, 0.29) is 29.1 Å². The summed E-state index contributed by atoms with van der Waals surface area (Å²) in [7, 11) is 0. The topological polar surface area (TPSA) is 89.2 Å². The first kappa shape index (κ1) is 23.8. The van der Waals surface area contributed by atoms with Gasteiger partial charge in [-0.1, -0.05) is 6.07 Å². The summed E-state index contributed by atoms with van der Waals surface area (Å²) in [5, 5.41) is 9.38. The Hall–Kier alpha value is -4.34. The maximum atomic E-state index is 13.8. The van der Waals surface area contributed by atoms with Gasteiger partial charge in [0.1, 0.15) is 0 Å². The molecule has 2 N–H and O–H groups in total. The highest BCUT2D eigenvalue weighted by Crippen LogP contribution is 2.33. The smallest absolute Gasteiger partial charge is 0.416 e. The van der Waals surface area contributed by atoms with Gasteiger partial charge in [-0.25, -0.2) is 4.68 Å². The minimum absolute atomic E-state index is 0.0709. The molecule has 2 amide bonds. The van der Waals surface area contributed by atoms with Crippen molar-refractivity contribution in [2.75, 3.05) is 5.32 Å². The highest BCUT2D eigenvalue weighted by molar-refractivity contribution is 6.02. The van der Waals surface area contributed by atoms with Gasteiger partial charge in [0.25, 0.3) is 11.8 Å². The van der Waals surface area contributed by atoms with Crippen LogP contribution < -0.4 is 10.6 Å². The van der Waals surface area contributed by atoms with Crippen molar-refractivity contribution >= 4 is 17.5 Å². The molecule has 4 rings (SSSR count). The van der Waals surface area contributed by atoms with Crippen molar-refractivity contribution in [1.29, 1.82) is 0 Å². The van der Waals surface area contributed by atoms with Gasteiger partial charge in [0.2, 0.25) is 0 Å². The lowest BCUT2D eigenvalue weighted by Crippen LogP contribution is -2.24. The molecule has 4 aromatic rings. The molecule has 0 fully saturated rings. The van der Waals surface area contributed by atoms with Gasteiger partial charge in [0, 0.05) is 23.5 Å². The van der Waals surface area contributed by atoms with Crippen LogP contribution in [0, 0.1) is 13.8 Å². The van der Waals surface area contributed by atoms with Crippen LogP contribution in [-0.4, -0.2) is 21.6 Å². The number of halogens is 3. The molecule has 0 aliphatic heterocycles. The Balaban J connectivity index is 1.46. The Kier molecular flexibility index (Phi) is 6.46. The normalized spacial score (nSPS) is 11.3. The van der Waals surface area contributed by atoms with E-state index in [0.717, 1.165) is 6.07 Å². The number of hydrogen-bond donors (Lipinski definition) is 2. The van der Waals surface area contributed by atoms with E-state index in [9.17, 15) is 22.8 Å². The fourth-order valence-corrected chi connectivity index (χ4v) is 3.59. The largest absolute Gasteiger partial charge is 0.459 e. The van der Waals surface area contributed by atoms with E-state index in [2.05, 4.69) is 15.7 Å². The lowest BCUT2D eigenvalue weighted by atomic mass is 10.1. The summed E-state index contributed by atoms with van der Waals surface area (Å²) in [6.45, 7) is 3.20. The van der Waals surface area contributed by atoms with Gasteiger partial charge < -0.3 is 15.1 Å². The number of aryl methyl sites for hydroxylation is 2. The molecule has 0 atom stereocenters. The van der Waals surface area contributed by atoms with Crippen LogP contribution in [-0.2, 0) is 12.7 Å². The van der Waals surface area contributed by atoms with Gasteiger partial charge >= 0.3 is 6.18 Å². The summed E-state index contributed by atoms with van der Waals surface area (Å²) in [6.07, 6.45) is -3.24. The molecule has 0 unspecified atom stereocenters. The van der Waals surface area contributed by atoms with Gasteiger partial charge in [-0.05, 0) is 74.0 Å². The Labute approximate surface area is 198 Å². The molecule has 0 radical (unpaired) electrons. The molecule has 0 saturated heterocycles. The quantitative estimate of drug-likeness (QED) is 0.391. The number of aromatic nitrogens is 2. The molecule has 10 heteroatoms. The molecule has 0 bridgehead atoms. The van der Waals surface area contributed by atoms with E-state index in [1.165, 1.54) is 53.4 Å². The first-order valence-corrected chi connectivity index (χ1v) is 10.6. The molecule has 2 heterocycles. The molecule has 0 saturated carbocycles. The van der Waals surface area contributed by atoms with Crippen molar-refractivity contribution in [3.63, 3.8) is 0 Å². The lowest BCUT2D eigenvalue weighted by Gasteiger charge is -2.16. The lowest BCUT2D eigenvalue weighted by molar-refractivity contribution is -0.138. The number of carbonyl (C=O) groups is 2. The Morgan fingerprint density at radius 3 is 2.34 bits per heavy atom. The van der Waals surface area contributed by atoms with E-state index < -0.39 is 23.6 Å². The number of carbonyl (C=O) groups excluding carboxylic acids is 2. The fourth-order valence-electron chi connectivity index (χ4n) is 3.59. The van der Waals surface area contributed by atoms with Crippen LogP contribution in [0.3, 0.4) is 0 Å². The van der Waals surface area contributed by atoms with Crippen molar-refractivity contribution in [1.82, 2.24) is 15.1 Å². The second-order valence-electron chi connectivity index (χ2n) is 7.87. The highest BCUT2D eigenvalue weighted by atomic mass is 19.4. The number of rotatable bonds is 6. The minimum Gasteiger partial charge on any atom is -0.459 e. The van der Waals surface area contributed by atoms with Crippen molar-refractivity contribution in [3.8, 4) is 5.69 Å². The first-order valence-electron chi connectivity index (χ1n) is 10.6. The number of benzene rings is 2. The average molecular weight is 482 g/mol. The van der Waals surface area contributed by atoms with Gasteiger partial charge in [-0.2, -0.15) is 18.3 Å². The monoisotopic (exact) mass is 482 g/mol.